The van der Waals surface area contributed by atoms with Gasteiger partial charge in [0.15, 0.2) is 0 Å². The van der Waals surface area contributed by atoms with Crippen LogP contribution < -0.4 is 5.32 Å². The highest BCUT2D eigenvalue weighted by molar-refractivity contribution is 5.79. The monoisotopic (exact) mass is 306 g/mol. The van der Waals surface area contributed by atoms with Crippen molar-refractivity contribution in [3.8, 4) is 6.07 Å². The first-order chi connectivity index (χ1) is 11.6. The Bertz CT molecular complexity index is 636. The Morgan fingerprint density at radius 2 is 2.18 bits per heavy atom. The van der Waals surface area contributed by atoms with Gasteiger partial charge >= 0.3 is 0 Å². The van der Waals surface area contributed by atoms with E-state index < -0.39 is 24.0 Å². The van der Waals surface area contributed by atoms with E-state index in [-0.39, 0.29) is 24.9 Å². The van der Waals surface area contributed by atoms with E-state index in [1.165, 1.54) is 0 Å². The average molecular weight is 306 g/mol. The molecule has 0 radical (unpaired) electrons. The number of hydrogen-bond donors (Lipinski definition) is 2. The van der Waals surface area contributed by atoms with E-state index >= 15 is 0 Å². The van der Waals surface area contributed by atoms with E-state index in [2.05, 4.69) is 5.32 Å². The van der Waals surface area contributed by atoms with Crippen LogP contribution in [0.3, 0.4) is 0 Å². The van der Waals surface area contributed by atoms with Crippen molar-refractivity contribution in [3.63, 3.8) is 0 Å². The molecule has 1 amide bonds. The lowest BCUT2D eigenvalue weighted by molar-refractivity contribution is -0.147. The van der Waals surface area contributed by atoms with Crippen molar-refractivity contribution >= 4 is 5.91 Å². The van der Waals surface area contributed by atoms with Gasteiger partial charge in [-0.05, 0) is 63.2 Å². The third-order valence-corrected chi connectivity index (χ3v) is 5.92. The van der Waals surface area contributed by atoms with Gasteiger partial charge < -0.3 is 15.3 Å². The first-order valence-electron chi connectivity index (χ1n) is 9.81. The summed E-state index contributed by atoms with van der Waals surface area (Å²) < 4.78 is 24.1. The molecule has 4 aliphatic carbocycles. The summed E-state index contributed by atoms with van der Waals surface area (Å²) >= 11 is 0. The van der Waals surface area contributed by atoms with Crippen molar-refractivity contribution in [2.75, 3.05) is 13.0 Å². The van der Waals surface area contributed by atoms with E-state index in [0.29, 0.717) is 18.3 Å². The number of aliphatic hydroxyl groups is 1. The van der Waals surface area contributed by atoms with E-state index in [1.807, 2.05) is 0 Å². The summed E-state index contributed by atoms with van der Waals surface area (Å²) in [6.07, 6.45) is 5.39. The van der Waals surface area contributed by atoms with Crippen LogP contribution in [0.4, 0.5) is 0 Å². The van der Waals surface area contributed by atoms with Crippen LogP contribution >= 0.6 is 0 Å². The number of likely N-dealkylation sites (tertiary alicyclic amines) is 1. The highest BCUT2D eigenvalue weighted by Gasteiger charge is 2.57. The van der Waals surface area contributed by atoms with Crippen LogP contribution in [-0.4, -0.2) is 46.1 Å². The molecule has 5 rings (SSSR count). The van der Waals surface area contributed by atoms with E-state index in [4.69, 9.17) is 4.11 Å². The van der Waals surface area contributed by atoms with Crippen molar-refractivity contribution in [3.05, 3.63) is 0 Å². The number of amides is 1. The minimum Gasteiger partial charge on any atom is -0.390 e. The molecule has 0 aromatic heterocycles. The second-order valence-electron chi connectivity index (χ2n) is 7.77. The Kier molecular flexibility index (Phi) is 2.56. The average Bonchev–Trinajstić information content (AvgIpc) is 2.73. The van der Waals surface area contributed by atoms with Gasteiger partial charge in [-0.2, -0.15) is 5.26 Å². The SMILES string of the molecule is [2H]C1([2H])CC[C@@]([2H])(C#N)N1C(=O)CNC12C[C@@H]3C[C@H](CC(O)(C3)C1)C2. The van der Waals surface area contributed by atoms with E-state index in [1.54, 1.807) is 6.07 Å². The summed E-state index contributed by atoms with van der Waals surface area (Å²) in [6, 6.07) is -0.0407. The van der Waals surface area contributed by atoms with E-state index in [0.717, 1.165) is 37.0 Å². The largest absolute Gasteiger partial charge is 0.390 e. The Labute approximate surface area is 135 Å². The Morgan fingerprint density at radius 1 is 1.45 bits per heavy atom. The van der Waals surface area contributed by atoms with Crippen molar-refractivity contribution in [2.45, 2.75) is 68.5 Å². The molecule has 22 heavy (non-hydrogen) atoms. The number of carbonyl (C=O) groups is 1. The number of nitriles is 1. The molecule has 0 spiro atoms. The molecule has 5 nitrogen and oxygen atoms in total. The number of hydrogen-bond acceptors (Lipinski definition) is 4. The molecule has 5 heteroatoms. The molecule has 1 aliphatic heterocycles. The van der Waals surface area contributed by atoms with Gasteiger partial charge in [0, 0.05) is 14.8 Å². The van der Waals surface area contributed by atoms with Crippen LogP contribution in [0.2, 0.25) is 0 Å². The van der Waals surface area contributed by atoms with Gasteiger partial charge in [-0.25, -0.2) is 0 Å². The summed E-state index contributed by atoms with van der Waals surface area (Å²) in [7, 11) is 0. The fourth-order valence-corrected chi connectivity index (χ4v) is 5.60. The highest BCUT2D eigenvalue weighted by Crippen LogP contribution is 2.57. The van der Waals surface area contributed by atoms with Crippen molar-refractivity contribution in [2.24, 2.45) is 11.8 Å². The fraction of sp³-hybridized carbons (Fsp3) is 0.882. The van der Waals surface area contributed by atoms with Crippen LogP contribution in [0.25, 0.3) is 0 Å². The number of rotatable bonds is 3. The summed E-state index contributed by atoms with van der Waals surface area (Å²) in [6.45, 7) is -2.05. The van der Waals surface area contributed by atoms with Gasteiger partial charge in [0.1, 0.15) is 6.02 Å². The maximum atomic E-state index is 12.7. The van der Waals surface area contributed by atoms with Crippen molar-refractivity contribution in [1.82, 2.24) is 10.2 Å². The molecule has 3 atom stereocenters. The number of nitrogens with one attached hydrogen (secondary N) is 1. The Hall–Kier alpha value is -1.12. The van der Waals surface area contributed by atoms with Crippen LogP contribution in [0.15, 0.2) is 0 Å². The molecule has 1 saturated heterocycles. The molecule has 4 bridgehead atoms. The first-order valence-corrected chi connectivity index (χ1v) is 8.31. The van der Waals surface area contributed by atoms with Crippen LogP contribution in [0.1, 0.15) is 55.5 Å². The predicted molar refractivity (Wildman–Crippen MR) is 80.7 cm³/mol. The van der Waals surface area contributed by atoms with Gasteiger partial charge in [0.05, 0.1) is 19.6 Å². The van der Waals surface area contributed by atoms with Crippen molar-refractivity contribution in [1.29, 1.82) is 5.26 Å². The molecule has 2 N–H and O–H groups in total. The highest BCUT2D eigenvalue weighted by atomic mass is 16.3. The minimum absolute atomic E-state index is 0.00480. The number of nitrogens with zero attached hydrogens (tertiary/aromatic N) is 2. The molecule has 5 fully saturated rings. The summed E-state index contributed by atoms with van der Waals surface area (Å²) in [4.78, 5) is 13.5. The molecule has 5 aliphatic rings. The van der Waals surface area contributed by atoms with Gasteiger partial charge in [-0.1, -0.05) is 0 Å². The second-order valence-corrected chi connectivity index (χ2v) is 7.77. The molecule has 0 aromatic rings. The molecular formula is C17H25N3O2. The fourth-order valence-electron chi connectivity index (χ4n) is 5.60. The third-order valence-electron chi connectivity index (χ3n) is 5.92. The van der Waals surface area contributed by atoms with Crippen LogP contribution in [0, 0.1) is 23.2 Å². The molecular weight excluding hydrogens is 278 g/mol. The summed E-state index contributed by atoms with van der Waals surface area (Å²) in [5.74, 6) is 0.435. The van der Waals surface area contributed by atoms with E-state index in [9.17, 15) is 15.2 Å². The molecule has 0 aromatic carbocycles. The predicted octanol–water partition coefficient (Wildman–Crippen LogP) is 1.17. The number of carbonyl (C=O) groups excluding carboxylic acids is 1. The van der Waals surface area contributed by atoms with Crippen LogP contribution in [-0.2, 0) is 4.79 Å². The molecule has 120 valence electrons. The standard InChI is InChI=1S/C17H25N3O2/c18-9-14-2-1-3-20(14)15(21)10-19-16-5-12-4-13(6-16)8-17(22,7-12)11-16/h12-14,19,22H,1-8,10-11H2/t12-,13-,14-,16?,17?/m0/s1/i3D2,14D. The van der Waals surface area contributed by atoms with Crippen LogP contribution in [0.5, 0.6) is 0 Å². The minimum atomic E-state index is -1.96. The maximum Gasteiger partial charge on any atom is 0.237 e. The molecule has 1 heterocycles. The van der Waals surface area contributed by atoms with Gasteiger partial charge in [-0.3, -0.25) is 4.79 Å². The third kappa shape index (κ3) is 2.33. The molecule has 0 unspecified atom stereocenters. The second kappa shape index (κ2) is 4.94. The quantitative estimate of drug-likeness (QED) is 0.821. The first kappa shape index (κ1) is 11.4. The smallest absolute Gasteiger partial charge is 0.237 e. The normalized spacial score (nSPS) is 53.6. The Balaban J connectivity index is 1.48. The zero-order valence-corrected chi connectivity index (χ0v) is 12.8. The lowest BCUT2D eigenvalue weighted by atomic mass is 9.51. The lowest BCUT2D eigenvalue weighted by Crippen LogP contribution is -2.65. The summed E-state index contributed by atoms with van der Waals surface area (Å²) in [5, 5.41) is 23.4. The molecule has 4 saturated carbocycles. The lowest BCUT2D eigenvalue weighted by Gasteiger charge is -2.60. The topological polar surface area (TPSA) is 76.4 Å². The Morgan fingerprint density at radius 3 is 2.82 bits per heavy atom. The zero-order chi connectivity index (χ0) is 18.1. The van der Waals surface area contributed by atoms with Gasteiger partial charge in [0.2, 0.25) is 5.91 Å². The maximum absolute atomic E-state index is 12.7. The zero-order valence-electron chi connectivity index (χ0n) is 15.8. The van der Waals surface area contributed by atoms with Gasteiger partial charge in [0.25, 0.3) is 0 Å². The van der Waals surface area contributed by atoms with Crippen molar-refractivity contribution < 1.29 is 14.0 Å². The van der Waals surface area contributed by atoms with Gasteiger partial charge in [-0.15, -0.1) is 0 Å². The summed E-state index contributed by atoms with van der Waals surface area (Å²) in [5.41, 5.74) is -0.896.